The first-order valence-corrected chi connectivity index (χ1v) is 10.6. The van der Waals surface area contributed by atoms with E-state index in [1.807, 2.05) is 0 Å². The highest BCUT2D eigenvalue weighted by molar-refractivity contribution is 7.54. The molecule has 140 valence electrons. The van der Waals surface area contributed by atoms with Gasteiger partial charge in [-0.1, -0.05) is 20.8 Å². The molecule has 0 unspecified atom stereocenters. The van der Waals surface area contributed by atoms with Crippen LogP contribution in [0.3, 0.4) is 0 Å². The van der Waals surface area contributed by atoms with Gasteiger partial charge in [-0.15, -0.1) is 0 Å². The molecule has 2 bridgehead atoms. The van der Waals surface area contributed by atoms with Crippen molar-refractivity contribution in [1.29, 1.82) is 0 Å². The summed E-state index contributed by atoms with van der Waals surface area (Å²) in [7, 11) is -0.555. The van der Waals surface area contributed by atoms with Crippen molar-refractivity contribution in [3.05, 3.63) is 11.6 Å². The van der Waals surface area contributed by atoms with Crippen LogP contribution in [0.2, 0.25) is 0 Å². The van der Waals surface area contributed by atoms with E-state index in [1.54, 1.807) is 0 Å². The third kappa shape index (κ3) is 2.12. The number of rotatable bonds is 4. The third-order valence-electron chi connectivity index (χ3n) is 7.61. The molecule has 3 fully saturated rings. The number of carbonyl (C=O) groups is 1. The van der Waals surface area contributed by atoms with Crippen molar-refractivity contribution in [2.75, 3.05) is 20.4 Å². The molecular formula is C18H27O6P. The van der Waals surface area contributed by atoms with E-state index in [0.29, 0.717) is 11.5 Å². The van der Waals surface area contributed by atoms with E-state index < -0.39 is 25.6 Å². The molecule has 0 amide bonds. The van der Waals surface area contributed by atoms with Crippen LogP contribution in [-0.4, -0.2) is 44.2 Å². The maximum absolute atomic E-state index is 12.5. The molecule has 4 aliphatic rings. The molecule has 1 spiro atoms. The molecular weight excluding hydrogens is 343 g/mol. The zero-order valence-electron chi connectivity index (χ0n) is 15.5. The lowest BCUT2D eigenvalue weighted by molar-refractivity contribution is -0.248. The van der Waals surface area contributed by atoms with Crippen molar-refractivity contribution in [2.24, 2.45) is 16.7 Å². The Morgan fingerprint density at radius 3 is 2.36 bits per heavy atom. The second-order valence-electron chi connectivity index (χ2n) is 8.58. The highest BCUT2D eigenvalue weighted by atomic mass is 31.2. The van der Waals surface area contributed by atoms with Gasteiger partial charge in [0.05, 0.1) is 6.16 Å². The largest absolute Gasteiger partial charge is 0.338 e. The van der Waals surface area contributed by atoms with Gasteiger partial charge in [-0.3, -0.25) is 9.36 Å². The lowest BCUT2D eigenvalue weighted by Crippen LogP contribution is -2.49. The molecule has 0 aromatic carbocycles. The van der Waals surface area contributed by atoms with Gasteiger partial charge in [-0.25, -0.2) is 0 Å². The van der Waals surface area contributed by atoms with Crippen molar-refractivity contribution in [2.45, 2.75) is 58.0 Å². The maximum atomic E-state index is 12.5. The number of hydrogen-bond donors (Lipinski definition) is 0. The van der Waals surface area contributed by atoms with Gasteiger partial charge >= 0.3 is 7.60 Å². The van der Waals surface area contributed by atoms with Gasteiger partial charge in [0.25, 0.3) is 0 Å². The van der Waals surface area contributed by atoms with Crippen molar-refractivity contribution in [3.8, 4) is 0 Å². The topological polar surface area (TPSA) is 71.1 Å². The maximum Gasteiger partial charge on any atom is 0.334 e. The summed E-state index contributed by atoms with van der Waals surface area (Å²) in [4.78, 5) is 12.5. The van der Waals surface area contributed by atoms with Gasteiger partial charge in [-0.05, 0) is 35.8 Å². The lowest BCUT2D eigenvalue weighted by atomic mass is 9.68. The fourth-order valence-electron chi connectivity index (χ4n) is 5.49. The second kappa shape index (κ2) is 5.26. The fourth-order valence-corrected chi connectivity index (χ4v) is 6.62. The normalized spacial score (nSPS) is 44.6. The number of fused-ring (bicyclic) bond motifs is 4. The lowest BCUT2D eigenvalue weighted by Gasteiger charge is -2.45. The molecule has 0 radical (unpaired) electrons. The Kier molecular flexibility index (Phi) is 3.76. The van der Waals surface area contributed by atoms with Crippen LogP contribution in [-0.2, 0) is 27.9 Å². The highest BCUT2D eigenvalue weighted by Gasteiger charge is 2.74. The van der Waals surface area contributed by atoms with Crippen LogP contribution < -0.4 is 0 Å². The summed E-state index contributed by atoms with van der Waals surface area (Å²) in [5, 5.41) is 0. The summed E-state index contributed by atoms with van der Waals surface area (Å²) < 4.78 is 35.4. The summed E-state index contributed by atoms with van der Waals surface area (Å²) in [5.74, 6) is -0.309. The van der Waals surface area contributed by atoms with Gasteiger partial charge in [0.15, 0.2) is 17.7 Å². The van der Waals surface area contributed by atoms with Crippen LogP contribution in [0.25, 0.3) is 0 Å². The number of ether oxygens (including phenoxy) is 2. The predicted octanol–water partition coefficient (Wildman–Crippen LogP) is 3.31. The molecule has 3 aliphatic carbocycles. The number of carbonyl (C=O) groups excluding carboxylic acids is 1. The summed E-state index contributed by atoms with van der Waals surface area (Å²) in [6, 6.07) is 0. The molecule has 0 aromatic heterocycles. The minimum atomic E-state index is -3.26. The summed E-state index contributed by atoms with van der Waals surface area (Å²) >= 11 is 0. The summed E-state index contributed by atoms with van der Waals surface area (Å²) in [6.45, 7) is 6.79. The van der Waals surface area contributed by atoms with Crippen molar-refractivity contribution in [3.63, 3.8) is 0 Å². The first-order valence-electron chi connectivity index (χ1n) is 8.92. The van der Waals surface area contributed by atoms with Crippen molar-refractivity contribution in [1.82, 2.24) is 0 Å². The average Bonchev–Trinajstić information content (AvgIpc) is 3.19. The molecule has 2 saturated carbocycles. The fraction of sp³-hybridized carbons (Fsp3) is 0.833. The molecule has 1 saturated heterocycles. The minimum absolute atomic E-state index is 0.0515. The quantitative estimate of drug-likeness (QED) is 0.707. The van der Waals surface area contributed by atoms with Crippen LogP contribution in [0.5, 0.6) is 0 Å². The Hall–Kier alpha value is -0.520. The number of ketones is 1. The van der Waals surface area contributed by atoms with Gasteiger partial charge in [0.1, 0.15) is 6.10 Å². The van der Waals surface area contributed by atoms with E-state index in [2.05, 4.69) is 20.8 Å². The van der Waals surface area contributed by atoms with Crippen molar-refractivity contribution >= 4 is 13.4 Å². The van der Waals surface area contributed by atoms with Crippen molar-refractivity contribution < 1.29 is 27.9 Å². The van der Waals surface area contributed by atoms with E-state index in [9.17, 15) is 9.36 Å². The predicted molar refractivity (Wildman–Crippen MR) is 91.3 cm³/mol. The number of hydrogen-bond acceptors (Lipinski definition) is 6. The zero-order chi connectivity index (χ0) is 18.3. The molecule has 7 heteroatoms. The van der Waals surface area contributed by atoms with Crippen LogP contribution >= 0.6 is 7.60 Å². The van der Waals surface area contributed by atoms with Gasteiger partial charge in [0.2, 0.25) is 0 Å². The van der Waals surface area contributed by atoms with E-state index >= 15 is 0 Å². The summed E-state index contributed by atoms with van der Waals surface area (Å²) in [6.07, 6.45) is 3.44. The van der Waals surface area contributed by atoms with Crippen LogP contribution in [0.15, 0.2) is 11.6 Å². The van der Waals surface area contributed by atoms with Gasteiger partial charge in [-0.2, -0.15) is 0 Å². The molecule has 0 N–H and O–H groups in total. The Labute approximate surface area is 148 Å². The molecule has 5 atom stereocenters. The van der Waals surface area contributed by atoms with Crippen LogP contribution in [0, 0.1) is 16.7 Å². The SMILES string of the molecule is COP(=O)(CC1=CC(=O)[C@@H]2O[C@@]3(C[C@H]4CC[C@]3(C)C4(C)C)O[C@H]12)OC. The Morgan fingerprint density at radius 1 is 1.20 bits per heavy atom. The Bertz CT molecular complexity index is 692. The third-order valence-corrected chi connectivity index (χ3v) is 9.47. The molecule has 0 aromatic rings. The monoisotopic (exact) mass is 370 g/mol. The molecule has 1 heterocycles. The molecule has 1 aliphatic heterocycles. The molecule has 4 rings (SSSR count). The highest BCUT2D eigenvalue weighted by Crippen LogP contribution is 2.73. The molecule has 6 nitrogen and oxygen atoms in total. The Morgan fingerprint density at radius 2 is 1.84 bits per heavy atom. The van der Waals surface area contributed by atoms with Crippen LogP contribution in [0.1, 0.15) is 40.0 Å². The average molecular weight is 370 g/mol. The minimum Gasteiger partial charge on any atom is -0.338 e. The first kappa shape index (κ1) is 17.9. The van der Waals surface area contributed by atoms with Gasteiger partial charge in [0, 0.05) is 26.1 Å². The van der Waals surface area contributed by atoms with Gasteiger partial charge < -0.3 is 18.5 Å². The summed E-state index contributed by atoms with van der Waals surface area (Å²) in [5.41, 5.74) is 0.627. The first-order chi connectivity index (χ1) is 11.6. The van der Waals surface area contributed by atoms with E-state index in [0.717, 1.165) is 12.8 Å². The standard InChI is InChI=1S/C18H27O6P/c1-16(2)12-6-7-17(16,3)18(9-12)23-14-11(8-13(19)15(14)24-18)10-25(20,21-4)22-5/h8,12,14-15H,6-7,9-10H2,1-5H3/t12-,14-,15+,17-,18-/m1/s1. The van der Waals surface area contributed by atoms with Crippen LogP contribution in [0.4, 0.5) is 0 Å². The van der Waals surface area contributed by atoms with E-state index in [4.69, 9.17) is 18.5 Å². The van der Waals surface area contributed by atoms with E-state index in [-0.39, 0.29) is 22.8 Å². The Balaban J connectivity index is 1.63. The smallest absolute Gasteiger partial charge is 0.334 e. The zero-order valence-corrected chi connectivity index (χ0v) is 16.4. The molecule has 25 heavy (non-hydrogen) atoms. The second-order valence-corrected chi connectivity index (χ2v) is 10.8. The van der Waals surface area contributed by atoms with E-state index in [1.165, 1.54) is 26.7 Å².